The van der Waals surface area contributed by atoms with Gasteiger partial charge in [-0.2, -0.15) is 13.2 Å². The highest BCUT2D eigenvalue weighted by molar-refractivity contribution is 7.92. The molecule has 178 valence electrons. The smallest absolute Gasteiger partial charge is 0.493 e. The van der Waals surface area contributed by atoms with Gasteiger partial charge in [0.1, 0.15) is 0 Å². The zero-order valence-corrected chi connectivity index (χ0v) is 18.8. The van der Waals surface area contributed by atoms with Crippen LogP contribution in [0.1, 0.15) is 5.56 Å². The molecule has 2 aromatic heterocycles. The van der Waals surface area contributed by atoms with E-state index in [-0.39, 0.29) is 12.2 Å². The molecule has 0 aliphatic rings. The number of hydrogen-bond acceptors (Lipinski definition) is 6. The Bertz CT molecular complexity index is 1540. The number of aromatic nitrogens is 3. The molecule has 12 heteroatoms. The molecule has 4 rings (SSSR count). The number of imidazole rings is 1. The van der Waals surface area contributed by atoms with Gasteiger partial charge in [-0.25, -0.2) is 17.8 Å². The minimum absolute atomic E-state index is 0.00907. The Kier molecular flexibility index (Phi) is 5.64. The number of pyridine rings is 1. The average Bonchev–Trinajstić information content (AvgIpc) is 3.05. The van der Waals surface area contributed by atoms with Crippen LogP contribution in [-0.4, -0.2) is 47.2 Å². The third-order valence-electron chi connectivity index (χ3n) is 5.32. The first-order chi connectivity index (χ1) is 15.9. The summed E-state index contributed by atoms with van der Waals surface area (Å²) in [4.78, 5) is 18.4. The topological polar surface area (TPSA) is 97.4 Å². The van der Waals surface area contributed by atoms with Gasteiger partial charge in [-0.1, -0.05) is 18.2 Å². The molecule has 0 saturated heterocycles. The van der Waals surface area contributed by atoms with E-state index in [2.05, 4.69) is 4.98 Å². The summed E-state index contributed by atoms with van der Waals surface area (Å²) in [7, 11) is -1.87. The van der Waals surface area contributed by atoms with Crippen LogP contribution in [0.3, 0.4) is 0 Å². The number of halogens is 3. The van der Waals surface area contributed by atoms with Crippen LogP contribution >= 0.6 is 0 Å². The van der Waals surface area contributed by atoms with Crippen molar-refractivity contribution in [1.82, 2.24) is 14.1 Å². The van der Waals surface area contributed by atoms with E-state index in [1.54, 1.807) is 6.20 Å². The predicted octanol–water partition coefficient (Wildman–Crippen LogP) is 3.30. The summed E-state index contributed by atoms with van der Waals surface area (Å²) >= 11 is 0. The Balaban J connectivity index is 1.77. The molecule has 2 aromatic carbocycles. The molecule has 0 aliphatic carbocycles. The lowest BCUT2D eigenvalue weighted by atomic mass is 10.1. The van der Waals surface area contributed by atoms with Crippen molar-refractivity contribution in [2.45, 2.75) is 16.9 Å². The fraction of sp³-hybridized carbons (Fsp3) is 0.182. The molecular formula is C22H19F3N4O4S. The number of fused-ring (bicyclic) bond motifs is 1. The number of benzene rings is 2. The molecule has 1 N–H and O–H groups in total. The third-order valence-corrected chi connectivity index (χ3v) is 6.82. The normalized spacial score (nSPS) is 12.3. The molecule has 0 atom stereocenters. The first-order valence-corrected chi connectivity index (χ1v) is 11.4. The van der Waals surface area contributed by atoms with Crippen LogP contribution in [0.4, 0.5) is 18.9 Å². The van der Waals surface area contributed by atoms with E-state index in [1.165, 1.54) is 10.8 Å². The number of aromatic hydroxyl groups is 1. The van der Waals surface area contributed by atoms with Crippen molar-refractivity contribution >= 4 is 26.4 Å². The number of sulfone groups is 1. The van der Waals surface area contributed by atoms with E-state index in [0.717, 1.165) is 51.0 Å². The molecule has 0 bridgehead atoms. The van der Waals surface area contributed by atoms with Gasteiger partial charge in [-0.05, 0) is 30.3 Å². The first-order valence-electron chi connectivity index (χ1n) is 9.88. The minimum atomic E-state index is -5.53. The molecule has 4 aromatic rings. The quantitative estimate of drug-likeness (QED) is 0.459. The lowest BCUT2D eigenvalue weighted by Crippen LogP contribution is -2.25. The maximum atomic E-state index is 13.1. The largest absolute Gasteiger partial charge is 0.501 e. The second-order valence-corrected chi connectivity index (χ2v) is 9.65. The number of para-hydroxylation sites is 1. The molecule has 34 heavy (non-hydrogen) atoms. The molecule has 0 aliphatic heterocycles. The minimum Gasteiger partial charge on any atom is -0.493 e. The van der Waals surface area contributed by atoms with Gasteiger partial charge in [0, 0.05) is 25.0 Å². The summed E-state index contributed by atoms with van der Waals surface area (Å²) in [5.41, 5.74) is -3.83. The van der Waals surface area contributed by atoms with Crippen LogP contribution in [0.25, 0.3) is 16.6 Å². The number of nitrogens with zero attached hydrogens (tertiary/aromatic N) is 4. The summed E-state index contributed by atoms with van der Waals surface area (Å²) in [5, 5.41) is 11.2. The zero-order chi connectivity index (χ0) is 24.8. The predicted molar refractivity (Wildman–Crippen MR) is 120 cm³/mol. The van der Waals surface area contributed by atoms with E-state index in [9.17, 15) is 31.5 Å². The fourth-order valence-electron chi connectivity index (χ4n) is 3.65. The summed E-state index contributed by atoms with van der Waals surface area (Å²) in [6.07, 6.45) is 2.89. The number of hydrogen-bond donors (Lipinski definition) is 1. The Morgan fingerprint density at radius 3 is 2.32 bits per heavy atom. The van der Waals surface area contributed by atoms with Crippen molar-refractivity contribution in [2.75, 3.05) is 19.0 Å². The van der Waals surface area contributed by atoms with Gasteiger partial charge in [-0.3, -0.25) is 9.55 Å². The van der Waals surface area contributed by atoms with Gasteiger partial charge in [0.25, 0.3) is 9.84 Å². The van der Waals surface area contributed by atoms with Gasteiger partial charge in [0.05, 0.1) is 40.7 Å². The van der Waals surface area contributed by atoms with Gasteiger partial charge in [-0.15, -0.1) is 0 Å². The van der Waals surface area contributed by atoms with Crippen LogP contribution in [0.15, 0.2) is 70.6 Å². The standard InChI is InChI=1S/C22H19F3N4O4S/c1-27(2)19-11-26-18-6-4-3-5-16(18)17(19)12-28-13-20(30)29(21(28)31)14-7-9-15(10-8-14)34(32,33)22(23,24)25/h3-11,13,30H,12H2,1-2H3. The molecule has 0 radical (unpaired) electrons. The van der Waals surface area contributed by atoms with Gasteiger partial charge < -0.3 is 10.0 Å². The molecule has 0 fully saturated rings. The Labute approximate surface area is 192 Å². The number of rotatable bonds is 5. The van der Waals surface area contributed by atoms with E-state index in [0.29, 0.717) is 0 Å². The summed E-state index contributed by atoms with van der Waals surface area (Å²) in [5.74, 6) is -0.457. The van der Waals surface area contributed by atoms with E-state index in [1.807, 2.05) is 43.3 Å². The highest BCUT2D eigenvalue weighted by atomic mass is 32.2. The van der Waals surface area contributed by atoms with Crippen molar-refractivity contribution in [3.8, 4) is 11.6 Å². The molecule has 2 heterocycles. The highest BCUT2D eigenvalue weighted by Crippen LogP contribution is 2.31. The van der Waals surface area contributed by atoms with Crippen molar-refractivity contribution < 1.29 is 26.7 Å². The monoisotopic (exact) mass is 492 g/mol. The van der Waals surface area contributed by atoms with Crippen molar-refractivity contribution in [3.05, 3.63) is 77.0 Å². The maximum Gasteiger partial charge on any atom is 0.501 e. The maximum absolute atomic E-state index is 13.1. The lowest BCUT2D eigenvalue weighted by Gasteiger charge is -2.19. The average molecular weight is 492 g/mol. The molecule has 0 amide bonds. The van der Waals surface area contributed by atoms with Gasteiger partial charge in [0.15, 0.2) is 0 Å². The zero-order valence-electron chi connectivity index (χ0n) is 18.0. The van der Waals surface area contributed by atoms with Crippen LogP contribution in [0.5, 0.6) is 5.88 Å². The number of alkyl halides is 3. The summed E-state index contributed by atoms with van der Waals surface area (Å²) in [6, 6.07) is 10.9. The van der Waals surface area contributed by atoms with Crippen LogP contribution < -0.4 is 10.6 Å². The van der Waals surface area contributed by atoms with Crippen molar-refractivity contribution in [3.63, 3.8) is 0 Å². The Morgan fingerprint density at radius 2 is 1.71 bits per heavy atom. The Hall–Kier alpha value is -3.80. The van der Waals surface area contributed by atoms with E-state index in [4.69, 9.17) is 0 Å². The van der Waals surface area contributed by atoms with E-state index >= 15 is 0 Å². The molecule has 8 nitrogen and oxygen atoms in total. The fourth-order valence-corrected chi connectivity index (χ4v) is 4.41. The Morgan fingerprint density at radius 1 is 1.06 bits per heavy atom. The first kappa shape index (κ1) is 23.4. The molecule has 0 saturated carbocycles. The van der Waals surface area contributed by atoms with E-state index < -0.39 is 31.8 Å². The molecule has 0 spiro atoms. The van der Waals surface area contributed by atoms with Gasteiger partial charge >= 0.3 is 11.2 Å². The van der Waals surface area contributed by atoms with Crippen molar-refractivity contribution in [1.29, 1.82) is 0 Å². The highest BCUT2D eigenvalue weighted by Gasteiger charge is 2.46. The lowest BCUT2D eigenvalue weighted by molar-refractivity contribution is -0.0436. The van der Waals surface area contributed by atoms with Crippen molar-refractivity contribution in [2.24, 2.45) is 0 Å². The number of anilines is 1. The summed E-state index contributed by atoms with van der Waals surface area (Å²) < 4.78 is 63.7. The molecule has 0 unspecified atom stereocenters. The molecular weight excluding hydrogens is 473 g/mol. The second kappa shape index (κ2) is 8.20. The summed E-state index contributed by atoms with van der Waals surface area (Å²) in [6.45, 7) is 0.0798. The van der Waals surface area contributed by atoms with Crippen LogP contribution in [-0.2, 0) is 16.4 Å². The van der Waals surface area contributed by atoms with Gasteiger partial charge in [0.2, 0.25) is 5.88 Å². The SMILES string of the molecule is CN(C)c1cnc2ccccc2c1Cn1cc(O)n(-c2ccc(S(=O)(=O)C(F)(F)F)cc2)c1=O. The van der Waals surface area contributed by atoms with Crippen LogP contribution in [0, 0.1) is 0 Å². The second-order valence-electron chi connectivity index (χ2n) is 7.71. The third kappa shape index (κ3) is 3.89. The van der Waals surface area contributed by atoms with Crippen LogP contribution in [0.2, 0.25) is 0 Å².